The van der Waals surface area contributed by atoms with E-state index in [2.05, 4.69) is 21.5 Å². The lowest BCUT2D eigenvalue weighted by Crippen LogP contribution is -2.25. The molecule has 2 aromatic rings. The molecular weight excluding hydrogens is 322 g/mol. The number of nitrogens with one attached hydrogen (secondary N) is 1. The summed E-state index contributed by atoms with van der Waals surface area (Å²) in [4.78, 5) is 23.4. The molecule has 0 radical (unpaired) electrons. The van der Waals surface area contributed by atoms with Gasteiger partial charge in [-0.3, -0.25) is 4.79 Å². The number of terminal acetylenes is 1. The van der Waals surface area contributed by atoms with Crippen LogP contribution < -0.4 is 5.32 Å². The number of benzene rings is 1. The van der Waals surface area contributed by atoms with Gasteiger partial charge in [0.2, 0.25) is 11.7 Å². The average Bonchev–Trinajstić information content (AvgIpc) is 3.28. The van der Waals surface area contributed by atoms with Crippen molar-refractivity contribution in [1.82, 2.24) is 5.32 Å². The van der Waals surface area contributed by atoms with Crippen molar-refractivity contribution in [2.24, 2.45) is 10.2 Å². The Labute approximate surface area is 144 Å². The van der Waals surface area contributed by atoms with E-state index in [1.54, 1.807) is 24.3 Å². The molecule has 25 heavy (non-hydrogen) atoms. The molecule has 1 aromatic heterocycles. The Morgan fingerprint density at radius 3 is 2.72 bits per heavy atom. The first kappa shape index (κ1) is 16.7. The molecule has 0 saturated heterocycles. The Balaban J connectivity index is 1.61. The maximum Gasteiger partial charge on any atom is 0.372 e. The van der Waals surface area contributed by atoms with Crippen LogP contribution in [0.3, 0.4) is 0 Å². The molecule has 1 aliphatic heterocycles. The monoisotopic (exact) mass is 339 g/mol. The van der Waals surface area contributed by atoms with Crippen molar-refractivity contribution >= 4 is 22.8 Å². The first-order valence-electron chi connectivity index (χ1n) is 7.92. The number of fused-ring (bicyclic) bond motifs is 1. The van der Waals surface area contributed by atoms with Gasteiger partial charge in [-0.05, 0) is 6.07 Å². The minimum absolute atomic E-state index is 0.0864. The van der Waals surface area contributed by atoms with E-state index in [0.29, 0.717) is 35.8 Å². The van der Waals surface area contributed by atoms with Gasteiger partial charge in [-0.1, -0.05) is 18.2 Å². The topological polar surface area (TPSA) is 104 Å². The summed E-state index contributed by atoms with van der Waals surface area (Å²) >= 11 is 0. The number of carbonyl (C=O) groups excluding carboxylic acids is 1. The van der Waals surface area contributed by atoms with Gasteiger partial charge in [-0.2, -0.15) is 10.2 Å². The smallest absolute Gasteiger partial charge is 0.372 e. The summed E-state index contributed by atoms with van der Waals surface area (Å²) in [6.07, 6.45) is 7.19. The van der Waals surface area contributed by atoms with Gasteiger partial charge in [0.15, 0.2) is 5.66 Å². The molecule has 0 saturated carbocycles. The number of carboxylic acids is 1. The van der Waals surface area contributed by atoms with Gasteiger partial charge in [0.05, 0.1) is 0 Å². The second kappa shape index (κ2) is 6.77. The van der Waals surface area contributed by atoms with Crippen molar-refractivity contribution in [2.45, 2.75) is 37.9 Å². The maximum absolute atomic E-state index is 12.1. The summed E-state index contributed by atoms with van der Waals surface area (Å²) in [5, 5.41) is 20.7. The fourth-order valence-corrected chi connectivity index (χ4v) is 2.70. The molecule has 0 atom stereocenters. The summed E-state index contributed by atoms with van der Waals surface area (Å²) in [6.45, 7) is 0.0864. The SMILES string of the molecule is C#CCCC1(CCC(=O)NCc2c(C(=O)O)oc3ccccc23)N=N1. The fraction of sp³-hybridized carbons (Fsp3) is 0.333. The van der Waals surface area contributed by atoms with E-state index >= 15 is 0 Å². The Morgan fingerprint density at radius 2 is 2.04 bits per heavy atom. The lowest BCUT2D eigenvalue weighted by molar-refractivity contribution is -0.121. The number of furan rings is 1. The van der Waals surface area contributed by atoms with E-state index in [0.717, 1.165) is 0 Å². The summed E-state index contributed by atoms with van der Waals surface area (Å²) in [5.74, 6) is 1.03. The third-order valence-corrected chi connectivity index (χ3v) is 4.16. The number of nitrogens with zero attached hydrogens (tertiary/aromatic N) is 2. The van der Waals surface area contributed by atoms with Gasteiger partial charge in [-0.15, -0.1) is 12.3 Å². The highest BCUT2D eigenvalue weighted by Crippen LogP contribution is 2.37. The summed E-state index contributed by atoms with van der Waals surface area (Å²) < 4.78 is 5.36. The fourth-order valence-electron chi connectivity index (χ4n) is 2.70. The Kier molecular flexibility index (Phi) is 4.52. The van der Waals surface area contributed by atoms with Gasteiger partial charge in [0, 0.05) is 43.2 Å². The molecule has 7 heteroatoms. The minimum Gasteiger partial charge on any atom is -0.475 e. The summed E-state index contributed by atoms with van der Waals surface area (Å²) in [7, 11) is 0. The second-order valence-electron chi connectivity index (χ2n) is 5.87. The zero-order chi connectivity index (χ0) is 17.9. The molecule has 0 bridgehead atoms. The van der Waals surface area contributed by atoms with Gasteiger partial charge in [0.1, 0.15) is 5.58 Å². The van der Waals surface area contributed by atoms with Crippen LogP contribution in [0.4, 0.5) is 0 Å². The molecule has 0 aliphatic carbocycles. The van der Waals surface area contributed by atoms with Crippen molar-refractivity contribution in [3.8, 4) is 12.3 Å². The minimum atomic E-state index is -1.16. The largest absolute Gasteiger partial charge is 0.475 e. The summed E-state index contributed by atoms with van der Waals surface area (Å²) in [6, 6.07) is 7.01. The predicted molar refractivity (Wildman–Crippen MR) is 89.9 cm³/mol. The van der Waals surface area contributed by atoms with Crippen LogP contribution in [0.1, 0.15) is 41.8 Å². The number of hydrogen-bond acceptors (Lipinski definition) is 5. The molecule has 0 unspecified atom stereocenters. The van der Waals surface area contributed by atoms with E-state index in [-0.39, 0.29) is 24.6 Å². The first-order valence-corrected chi connectivity index (χ1v) is 7.92. The van der Waals surface area contributed by atoms with Gasteiger partial charge in [0.25, 0.3) is 0 Å². The van der Waals surface area contributed by atoms with Crippen molar-refractivity contribution < 1.29 is 19.1 Å². The van der Waals surface area contributed by atoms with E-state index in [9.17, 15) is 14.7 Å². The van der Waals surface area contributed by atoms with Crippen LogP contribution >= 0.6 is 0 Å². The number of rotatable bonds is 8. The average molecular weight is 339 g/mol. The molecule has 7 nitrogen and oxygen atoms in total. The number of carboxylic acid groups (broad SMARTS) is 1. The quantitative estimate of drug-likeness (QED) is 0.721. The Morgan fingerprint density at radius 1 is 1.28 bits per heavy atom. The number of para-hydroxylation sites is 1. The third kappa shape index (κ3) is 3.69. The van der Waals surface area contributed by atoms with E-state index < -0.39 is 11.6 Å². The zero-order valence-corrected chi connectivity index (χ0v) is 13.5. The van der Waals surface area contributed by atoms with Crippen LogP contribution in [0.2, 0.25) is 0 Å². The van der Waals surface area contributed by atoms with Crippen molar-refractivity contribution in [1.29, 1.82) is 0 Å². The molecule has 2 N–H and O–H groups in total. The van der Waals surface area contributed by atoms with Crippen LogP contribution in [0, 0.1) is 12.3 Å². The number of hydrogen-bond donors (Lipinski definition) is 2. The van der Waals surface area contributed by atoms with Crippen LogP contribution in [0.5, 0.6) is 0 Å². The van der Waals surface area contributed by atoms with Crippen molar-refractivity contribution in [2.75, 3.05) is 0 Å². The van der Waals surface area contributed by atoms with Crippen molar-refractivity contribution in [3.05, 3.63) is 35.6 Å². The Bertz CT molecular complexity index is 885. The van der Waals surface area contributed by atoms with Crippen LogP contribution in [0.15, 0.2) is 38.9 Å². The highest BCUT2D eigenvalue weighted by Gasteiger charge is 2.39. The van der Waals surface area contributed by atoms with E-state index in [1.807, 2.05) is 0 Å². The molecule has 128 valence electrons. The van der Waals surface area contributed by atoms with Crippen molar-refractivity contribution in [3.63, 3.8) is 0 Å². The molecule has 1 aromatic carbocycles. The number of carbonyl (C=O) groups is 2. The van der Waals surface area contributed by atoms with Crippen LogP contribution in [-0.4, -0.2) is 22.6 Å². The zero-order valence-electron chi connectivity index (χ0n) is 13.5. The van der Waals surface area contributed by atoms with Gasteiger partial charge in [-0.25, -0.2) is 4.79 Å². The molecule has 0 spiro atoms. The molecule has 1 amide bonds. The molecule has 3 rings (SSSR count). The van der Waals surface area contributed by atoms with Gasteiger partial charge < -0.3 is 14.8 Å². The Hall–Kier alpha value is -3.14. The van der Waals surface area contributed by atoms with E-state index in [4.69, 9.17) is 10.8 Å². The molecule has 0 fully saturated rings. The normalized spacial score (nSPS) is 14.2. The highest BCUT2D eigenvalue weighted by atomic mass is 16.4. The standard InChI is InChI=1S/C18H17N3O4/c1-2-3-9-18(20-21-18)10-8-15(22)19-11-13-12-6-4-5-7-14(12)25-16(13)17(23)24/h1,4-7H,3,8-11H2,(H,19,22)(H,23,24). The summed E-state index contributed by atoms with van der Waals surface area (Å²) in [5.41, 5.74) is 0.436. The molecule has 2 heterocycles. The van der Waals surface area contributed by atoms with Crippen LogP contribution in [0.25, 0.3) is 11.0 Å². The lowest BCUT2D eigenvalue weighted by atomic mass is 10.0. The lowest BCUT2D eigenvalue weighted by Gasteiger charge is -2.09. The maximum atomic E-state index is 12.1. The third-order valence-electron chi connectivity index (χ3n) is 4.16. The van der Waals surface area contributed by atoms with Gasteiger partial charge >= 0.3 is 5.97 Å². The first-order chi connectivity index (χ1) is 12.0. The highest BCUT2D eigenvalue weighted by molar-refractivity contribution is 5.95. The van der Waals surface area contributed by atoms with E-state index in [1.165, 1.54) is 0 Å². The second-order valence-corrected chi connectivity index (χ2v) is 5.87. The van der Waals surface area contributed by atoms with Crippen LogP contribution in [-0.2, 0) is 11.3 Å². The molecular formula is C18H17N3O4. The molecule has 1 aliphatic rings. The number of aromatic carboxylic acids is 1. The number of amides is 1. The predicted octanol–water partition coefficient (Wildman–Crippen LogP) is 3.10.